The molecule has 0 amide bonds. The quantitative estimate of drug-likeness (QED) is 0.666. The van der Waals surface area contributed by atoms with Gasteiger partial charge in [0, 0.05) is 30.9 Å². The summed E-state index contributed by atoms with van der Waals surface area (Å²) in [5.74, 6) is 0.0742. The maximum Gasteiger partial charge on any atom is 0.150 e. The van der Waals surface area contributed by atoms with Crippen molar-refractivity contribution < 1.29 is 13.5 Å². The van der Waals surface area contributed by atoms with E-state index in [-0.39, 0.29) is 5.69 Å². The first kappa shape index (κ1) is 20.0. The minimum absolute atomic E-state index is 0.216. The first-order valence-electron chi connectivity index (χ1n) is 9.74. The summed E-state index contributed by atoms with van der Waals surface area (Å²) in [4.78, 5) is 11.4. The van der Waals surface area contributed by atoms with Crippen molar-refractivity contribution in [2.24, 2.45) is 0 Å². The van der Waals surface area contributed by atoms with E-state index >= 15 is 0 Å². The van der Waals surface area contributed by atoms with Crippen molar-refractivity contribution >= 4 is 18.0 Å². The summed E-state index contributed by atoms with van der Waals surface area (Å²) in [7, 11) is 0. The first-order valence-corrected chi connectivity index (χ1v) is 9.74. The molecule has 0 aliphatic carbocycles. The van der Waals surface area contributed by atoms with Crippen LogP contribution in [0.1, 0.15) is 6.92 Å². The Labute approximate surface area is 173 Å². The molecule has 2 aromatic heterocycles. The summed E-state index contributed by atoms with van der Waals surface area (Å²) < 4.78 is 35.2. The zero-order valence-electron chi connectivity index (χ0n) is 16.7. The predicted molar refractivity (Wildman–Crippen MR) is 114 cm³/mol. The van der Waals surface area contributed by atoms with Crippen molar-refractivity contribution in [1.82, 2.24) is 14.5 Å². The standard InChI is InChI=1S/C23H22F2N4O/c1-3-5-19-20(4-2)29(21-8-7-17(24)14-18(21)25)23(27-19)16-6-9-22(26-15-16)28-10-12-30-13-11-28/h3-9,14-15H,1,10-13H2,2H3/b19-5+,20-4+. The topological polar surface area (TPSA) is 43.2 Å². The van der Waals surface area contributed by atoms with Gasteiger partial charge in [-0.3, -0.25) is 4.57 Å². The lowest BCUT2D eigenvalue weighted by Crippen LogP contribution is -2.36. The maximum absolute atomic E-state index is 14.7. The Kier molecular flexibility index (Phi) is 5.72. The molecular formula is C23H22F2N4O. The maximum atomic E-state index is 14.7. The van der Waals surface area contributed by atoms with Gasteiger partial charge in [0.15, 0.2) is 0 Å². The second-order valence-corrected chi connectivity index (χ2v) is 6.83. The molecule has 30 heavy (non-hydrogen) atoms. The van der Waals surface area contributed by atoms with Gasteiger partial charge in [-0.15, -0.1) is 0 Å². The third-order valence-corrected chi connectivity index (χ3v) is 4.98. The van der Waals surface area contributed by atoms with Crippen LogP contribution < -0.4 is 15.6 Å². The molecule has 5 nitrogen and oxygen atoms in total. The van der Waals surface area contributed by atoms with E-state index in [1.807, 2.05) is 25.1 Å². The third-order valence-electron chi connectivity index (χ3n) is 4.98. The van der Waals surface area contributed by atoms with Gasteiger partial charge in [0.2, 0.25) is 0 Å². The molecule has 0 N–H and O–H groups in total. The fourth-order valence-electron chi connectivity index (χ4n) is 3.56. The SMILES string of the molecule is C=C/C=c1/nc(-c2ccc(N3CCOCC3)nc2)n(-c2ccc(F)cc2F)/c1=C/C. The van der Waals surface area contributed by atoms with Gasteiger partial charge in [0.1, 0.15) is 23.3 Å². The van der Waals surface area contributed by atoms with Crippen LogP contribution in [0.3, 0.4) is 0 Å². The molecular weight excluding hydrogens is 386 g/mol. The van der Waals surface area contributed by atoms with Gasteiger partial charge in [-0.1, -0.05) is 18.7 Å². The molecule has 1 saturated heterocycles. The lowest BCUT2D eigenvalue weighted by atomic mass is 10.2. The zero-order chi connectivity index (χ0) is 21.1. The highest BCUT2D eigenvalue weighted by molar-refractivity contribution is 5.61. The molecule has 1 aliphatic heterocycles. The Morgan fingerprint density at radius 3 is 2.57 bits per heavy atom. The number of halogens is 2. The molecule has 0 radical (unpaired) electrons. The Bertz CT molecular complexity index is 1180. The van der Waals surface area contributed by atoms with Crippen LogP contribution in [-0.4, -0.2) is 40.8 Å². The number of imidazole rings is 1. The van der Waals surface area contributed by atoms with Crippen molar-refractivity contribution in [1.29, 1.82) is 0 Å². The number of anilines is 1. The highest BCUT2D eigenvalue weighted by atomic mass is 19.1. The van der Waals surface area contributed by atoms with Crippen LogP contribution in [0.5, 0.6) is 0 Å². The van der Waals surface area contributed by atoms with Crippen LogP contribution in [-0.2, 0) is 4.74 Å². The zero-order valence-corrected chi connectivity index (χ0v) is 16.7. The van der Waals surface area contributed by atoms with E-state index in [1.165, 1.54) is 12.1 Å². The monoisotopic (exact) mass is 408 g/mol. The van der Waals surface area contributed by atoms with E-state index in [1.54, 1.807) is 22.9 Å². The molecule has 3 heterocycles. The number of allylic oxidation sites excluding steroid dienone is 1. The Morgan fingerprint density at radius 1 is 1.13 bits per heavy atom. The molecule has 1 aromatic carbocycles. The Morgan fingerprint density at radius 2 is 1.93 bits per heavy atom. The summed E-state index contributed by atoms with van der Waals surface area (Å²) in [5.41, 5.74) is 0.940. The van der Waals surface area contributed by atoms with Crippen LogP contribution >= 0.6 is 0 Å². The molecule has 0 bridgehead atoms. The predicted octanol–water partition coefficient (Wildman–Crippen LogP) is 2.82. The number of aromatic nitrogens is 3. The number of hydrogen-bond acceptors (Lipinski definition) is 4. The van der Waals surface area contributed by atoms with Crippen molar-refractivity contribution in [2.75, 3.05) is 31.2 Å². The average Bonchev–Trinajstić information content (AvgIpc) is 3.13. The summed E-state index contributed by atoms with van der Waals surface area (Å²) in [6, 6.07) is 7.35. The number of rotatable bonds is 4. The van der Waals surface area contributed by atoms with Crippen LogP contribution in [0.4, 0.5) is 14.6 Å². The minimum atomic E-state index is -0.667. The van der Waals surface area contributed by atoms with Gasteiger partial charge in [-0.25, -0.2) is 18.7 Å². The summed E-state index contributed by atoms with van der Waals surface area (Å²) in [6.07, 6.45) is 6.95. The van der Waals surface area contributed by atoms with Crippen LogP contribution in [0.2, 0.25) is 0 Å². The van der Waals surface area contributed by atoms with E-state index in [9.17, 15) is 8.78 Å². The van der Waals surface area contributed by atoms with Crippen molar-refractivity contribution in [2.45, 2.75) is 6.92 Å². The minimum Gasteiger partial charge on any atom is -0.378 e. The van der Waals surface area contributed by atoms with Gasteiger partial charge in [-0.05, 0) is 37.3 Å². The number of ether oxygens (including phenoxy) is 1. The molecule has 7 heteroatoms. The molecule has 0 saturated carbocycles. The van der Waals surface area contributed by atoms with E-state index in [4.69, 9.17) is 9.72 Å². The molecule has 0 atom stereocenters. The lowest BCUT2D eigenvalue weighted by molar-refractivity contribution is 0.122. The van der Waals surface area contributed by atoms with Gasteiger partial charge >= 0.3 is 0 Å². The second-order valence-electron chi connectivity index (χ2n) is 6.83. The van der Waals surface area contributed by atoms with E-state index in [0.29, 0.717) is 29.7 Å². The third kappa shape index (κ3) is 3.76. The summed E-state index contributed by atoms with van der Waals surface area (Å²) in [5, 5.41) is 1.33. The highest BCUT2D eigenvalue weighted by Crippen LogP contribution is 2.23. The molecule has 0 spiro atoms. The number of nitrogens with zero attached hydrogens (tertiary/aromatic N) is 4. The fourth-order valence-corrected chi connectivity index (χ4v) is 3.56. The Balaban J connectivity index is 1.87. The van der Waals surface area contributed by atoms with E-state index in [2.05, 4.69) is 16.5 Å². The molecule has 1 aliphatic rings. The fraction of sp³-hybridized carbons (Fsp3) is 0.217. The van der Waals surface area contributed by atoms with Crippen LogP contribution in [0.25, 0.3) is 29.2 Å². The summed E-state index contributed by atoms with van der Waals surface area (Å²) in [6.45, 7) is 8.51. The van der Waals surface area contributed by atoms with Crippen LogP contribution in [0, 0.1) is 11.6 Å². The molecule has 154 valence electrons. The van der Waals surface area contributed by atoms with Crippen molar-refractivity contribution in [3.63, 3.8) is 0 Å². The lowest BCUT2D eigenvalue weighted by Gasteiger charge is -2.27. The highest BCUT2D eigenvalue weighted by Gasteiger charge is 2.17. The summed E-state index contributed by atoms with van der Waals surface area (Å²) >= 11 is 0. The molecule has 4 rings (SSSR count). The second kappa shape index (κ2) is 8.59. The van der Waals surface area contributed by atoms with Gasteiger partial charge in [0.05, 0.1) is 29.6 Å². The number of pyridine rings is 1. The first-order chi connectivity index (χ1) is 14.6. The molecule has 0 unspecified atom stereocenters. The number of morpholine rings is 1. The van der Waals surface area contributed by atoms with Crippen molar-refractivity contribution in [3.05, 3.63) is 71.5 Å². The largest absolute Gasteiger partial charge is 0.378 e. The van der Waals surface area contributed by atoms with E-state index in [0.717, 1.165) is 30.5 Å². The normalized spacial score (nSPS) is 15.6. The van der Waals surface area contributed by atoms with E-state index < -0.39 is 11.6 Å². The molecule has 1 fully saturated rings. The van der Waals surface area contributed by atoms with Crippen LogP contribution in [0.15, 0.2) is 49.2 Å². The molecule has 3 aromatic rings. The average molecular weight is 408 g/mol. The smallest absolute Gasteiger partial charge is 0.150 e. The Hall–Kier alpha value is -3.32. The van der Waals surface area contributed by atoms with Gasteiger partial charge < -0.3 is 9.64 Å². The van der Waals surface area contributed by atoms with Crippen molar-refractivity contribution in [3.8, 4) is 17.1 Å². The number of benzene rings is 1. The van der Waals surface area contributed by atoms with Gasteiger partial charge in [0.25, 0.3) is 0 Å². The number of hydrogen-bond donors (Lipinski definition) is 0. The van der Waals surface area contributed by atoms with Gasteiger partial charge in [-0.2, -0.15) is 0 Å².